The van der Waals surface area contributed by atoms with Gasteiger partial charge in [0.1, 0.15) is 0 Å². The number of aliphatic hydroxyl groups is 1. The fourth-order valence-electron chi connectivity index (χ4n) is 1.21. The zero-order valence-electron chi connectivity index (χ0n) is 11.0. The van der Waals surface area contributed by atoms with Crippen molar-refractivity contribution < 1.29 is 29.3 Å². The average molecular weight is 276 g/mol. The van der Waals surface area contributed by atoms with E-state index in [9.17, 15) is 19.5 Å². The Morgan fingerprint density at radius 3 is 2.37 bits per heavy atom. The van der Waals surface area contributed by atoms with Crippen LogP contribution in [0.3, 0.4) is 0 Å². The molecule has 110 valence electrons. The van der Waals surface area contributed by atoms with Gasteiger partial charge in [-0.05, 0) is 13.3 Å². The molecule has 3 atom stereocenters. The summed E-state index contributed by atoms with van der Waals surface area (Å²) in [5.41, 5.74) is 5.34. The number of carboxylic acids is 1. The number of carbonyl (C=O) groups is 3. The molecular weight excluding hydrogens is 256 g/mol. The molecule has 0 aromatic rings. The number of ether oxygens (including phenoxy) is 1. The Hall–Kier alpha value is -1.67. The highest BCUT2D eigenvalue weighted by molar-refractivity contribution is 5.90. The van der Waals surface area contributed by atoms with E-state index in [-0.39, 0.29) is 6.61 Å². The lowest BCUT2D eigenvalue weighted by molar-refractivity contribution is -0.151. The van der Waals surface area contributed by atoms with Crippen LogP contribution in [0, 0.1) is 0 Å². The number of hydrogen-bond acceptors (Lipinski definition) is 6. The van der Waals surface area contributed by atoms with E-state index in [0.29, 0.717) is 6.42 Å². The molecule has 0 aromatic carbocycles. The maximum Gasteiger partial charge on any atom is 0.331 e. The third-order valence-corrected chi connectivity index (χ3v) is 2.21. The molecule has 0 fully saturated rings. The zero-order valence-corrected chi connectivity index (χ0v) is 11.0. The summed E-state index contributed by atoms with van der Waals surface area (Å²) in [5, 5.41) is 20.1. The summed E-state index contributed by atoms with van der Waals surface area (Å²) in [4.78, 5) is 33.5. The van der Waals surface area contributed by atoms with Gasteiger partial charge in [0.2, 0.25) is 5.91 Å². The van der Waals surface area contributed by atoms with Gasteiger partial charge in [0.15, 0.2) is 6.04 Å². The van der Waals surface area contributed by atoms with Crippen molar-refractivity contribution in [2.24, 2.45) is 5.73 Å². The monoisotopic (exact) mass is 276 g/mol. The van der Waals surface area contributed by atoms with Gasteiger partial charge in [-0.1, -0.05) is 6.92 Å². The molecule has 0 spiro atoms. The van der Waals surface area contributed by atoms with Crippen LogP contribution in [0.4, 0.5) is 0 Å². The van der Waals surface area contributed by atoms with Crippen LogP contribution in [0.5, 0.6) is 0 Å². The van der Waals surface area contributed by atoms with E-state index in [0.717, 1.165) is 0 Å². The highest BCUT2D eigenvalue weighted by Crippen LogP contribution is 1.99. The van der Waals surface area contributed by atoms with Gasteiger partial charge in [-0.15, -0.1) is 0 Å². The Bertz CT molecular complexity index is 331. The number of aliphatic carboxylic acids is 1. The number of hydrogen-bond donors (Lipinski definition) is 4. The van der Waals surface area contributed by atoms with Crippen LogP contribution in [0.2, 0.25) is 0 Å². The van der Waals surface area contributed by atoms with Crippen molar-refractivity contribution in [3.05, 3.63) is 0 Å². The summed E-state index contributed by atoms with van der Waals surface area (Å²) in [7, 11) is 0. The van der Waals surface area contributed by atoms with Crippen LogP contribution < -0.4 is 11.1 Å². The fourth-order valence-corrected chi connectivity index (χ4v) is 1.21. The van der Waals surface area contributed by atoms with Crippen molar-refractivity contribution in [3.8, 4) is 0 Å². The van der Waals surface area contributed by atoms with E-state index < -0.39 is 42.5 Å². The second kappa shape index (κ2) is 8.44. The SMILES string of the molecule is CCCOC(=O)[C@H](NC(=O)[C@@H](N)CC(=O)O)[C@@H](C)O. The quantitative estimate of drug-likeness (QED) is 0.400. The topological polar surface area (TPSA) is 139 Å². The predicted octanol–water partition coefficient (Wildman–Crippen LogP) is -1.39. The highest BCUT2D eigenvalue weighted by atomic mass is 16.5. The Morgan fingerprint density at radius 2 is 1.95 bits per heavy atom. The van der Waals surface area contributed by atoms with Gasteiger partial charge in [0, 0.05) is 0 Å². The molecule has 0 saturated carbocycles. The Kier molecular flexibility index (Phi) is 7.69. The lowest BCUT2D eigenvalue weighted by Gasteiger charge is -2.21. The largest absolute Gasteiger partial charge is 0.481 e. The number of rotatable bonds is 8. The summed E-state index contributed by atoms with van der Waals surface area (Å²) in [6, 6.07) is -2.56. The first kappa shape index (κ1) is 17.3. The van der Waals surface area contributed by atoms with Gasteiger partial charge >= 0.3 is 11.9 Å². The maximum absolute atomic E-state index is 11.6. The minimum Gasteiger partial charge on any atom is -0.481 e. The van der Waals surface area contributed by atoms with E-state index in [4.69, 9.17) is 15.6 Å². The Labute approximate surface area is 110 Å². The number of carboxylic acid groups (broad SMARTS) is 1. The van der Waals surface area contributed by atoms with Gasteiger partial charge in [0.25, 0.3) is 0 Å². The molecule has 8 heteroatoms. The summed E-state index contributed by atoms with van der Waals surface area (Å²) < 4.78 is 4.81. The van der Waals surface area contributed by atoms with Gasteiger partial charge in [0.05, 0.1) is 25.2 Å². The Balaban J connectivity index is 4.53. The number of nitrogens with two attached hydrogens (primary N) is 1. The van der Waals surface area contributed by atoms with Crippen LogP contribution in [0.25, 0.3) is 0 Å². The first-order chi connectivity index (χ1) is 8.79. The number of amides is 1. The highest BCUT2D eigenvalue weighted by Gasteiger charge is 2.29. The van der Waals surface area contributed by atoms with Crippen molar-refractivity contribution in [3.63, 3.8) is 0 Å². The number of esters is 1. The van der Waals surface area contributed by atoms with Crippen molar-refractivity contribution in [1.82, 2.24) is 5.32 Å². The lowest BCUT2D eigenvalue weighted by Crippen LogP contribution is -2.53. The number of aliphatic hydroxyl groups excluding tert-OH is 1. The molecule has 0 saturated heterocycles. The standard InChI is InChI=1S/C11H20N2O6/c1-3-4-19-11(18)9(6(2)14)13-10(17)7(12)5-8(15)16/h6-7,9,14H,3-5,12H2,1-2H3,(H,13,17)(H,15,16)/t6-,7+,9-/m1/s1. The van der Waals surface area contributed by atoms with Crippen LogP contribution in [-0.2, 0) is 19.1 Å². The van der Waals surface area contributed by atoms with E-state index in [2.05, 4.69) is 5.32 Å². The molecule has 0 aromatic heterocycles. The van der Waals surface area contributed by atoms with Crippen molar-refractivity contribution >= 4 is 17.8 Å². The molecule has 0 heterocycles. The summed E-state index contributed by atoms with van der Waals surface area (Å²) in [6.07, 6.45) is -1.14. The van der Waals surface area contributed by atoms with Gasteiger partial charge < -0.3 is 26.0 Å². The second-order valence-electron chi connectivity index (χ2n) is 4.10. The predicted molar refractivity (Wildman–Crippen MR) is 65.1 cm³/mol. The smallest absolute Gasteiger partial charge is 0.331 e. The van der Waals surface area contributed by atoms with E-state index in [1.807, 2.05) is 0 Å². The first-order valence-corrected chi connectivity index (χ1v) is 5.92. The molecule has 0 aliphatic rings. The molecule has 19 heavy (non-hydrogen) atoms. The van der Waals surface area contributed by atoms with Gasteiger partial charge in [-0.25, -0.2) is 4.79 Å². The molecule has 0 rings (SSSR count). The molecule has 1 amide bonds. The lowest BCUT2D eigenvalue weighted by atomic mass is 10.1. The third kappa shape index (κ3) is 6.73. The first-order valence-electron chi connectivity index (χ1n) is 5.92. The van der Waals surface area contributed by atoms with Crippen LogP contribution in [0.15, 0.2) is 0 Å². The normalized spacial score (nSPS) is 15.2. The average Bonchev–Trinajstić information content (AvgIpc) is 2.31. The van der Waals surface area contributed by atoms with Crippen molar-refractivity contribution in [1.29, 1.82) is 0 Å². The molecule has 8 nitrogen and oxygen atoms in total. The van der Waals surface area contributed by atoms with Gasteiger partial charge in [-0.2, -0.15) is 0 Å². The van der Waals surface area contributed by atoms with E-state index in [1.54, 1.807) is 6.92 Å². The molecule has 0 unspecified atom stereocenters. The van der Waals surface area contributed by atoms with E-state index >= 15 is 0 Å². The van der Waals surface area contributed by atoms with Crippen LogP contribution >= 0.6 is 0 Å². The summed E-state index contributed by atoms with van der Waals surface area (Å²) >= 11 is 0. The molecule has 5 N–H and O–H groups in total. The minimum absolute atomic E-state index is 0.166. The maximum atomic E-state index is 11.6. The summed E-state index contributed by atoms with van der Waals surface area (Å²) in [6.45, 7) is 3.27. The molecule has 0 bridgehead atoms. The van der Waals surface area contributed by atoms with Gasteiger partial charge in [-0.3, -0.25) is 9.59 Å². The van der Waals surface area contributed by atoms with Crippen LogP contribution in [-0.4, -0.2) is 52.9 Å². The minimum atomic E-state index is -1.29. The zero-order chi connectivity index (χ0) is 15.0. The third-order valence-electron chi connectivity index (χ3n) is 2.21. The van der Waals surface area contributed by atoms with Crippen molar-refractivity contribution in [2.75, 3.05) is 6.61 Å². The van der Waals surface area contributed by atoms with Crippen molar-refractivity contribution in [2.45, 2.75) is 44.9 Å². The van der Waals surface area contributed by atoms with E-state index in [1.165, 1.54) is 6.92 Å². The fraction of sp³-hybridized carbons (Fsp3) is 0.727. The number of carbonyl (C=O) groups excluding carboxylic acids is 2. The summed E-state index contributed by atoms with van der Waals surface area (Å²) in [5.74, 6) is -2.85. The number of nitrogens with one attached hydrogen (secondary N) is 1. The molecule has 0 aliphatic heterocycles. The Morgan fingerprint density at radius 1 is 1.37 bits per heavy atom. The van der Waals surface area contributed by atoms with Crippen LogP contribution in [0.1, 0.15) is 26.7 Å². The molecule has 0 radical (unpaired) electrons. The molecule has 0 aliphatic carbocycles. The second-order valence-corrected chi connectivity index (χ2v) is 4.10. The molecular formula is C11H20N2O6.